The number of aryl methyl sites for hydroxylation is 1. The number of halogens is 1. The highest BCUT2D eigenvalue weighted by atomic mass is 35.5. The van der Waals surface area contributed by atoms with E-state index in [0.29, 0.717) is 34.4 Å². The summed E-state index contributed by atoms with van der Waals surface area (Å²) >= 11 is 5.93. The number of hydrogen-bond donors (Lipinski definition) is 2. The minimum atomic E-state index is -4.12. The van der Waals surface area contributed by atoms with Gasteiger partial charge in [-0.1, -0.05) is 23.7 Å². The maximum Gasteiger partial charge on any atom is 0.264 e. The summed E-state index contributed by atoms with van der Waals surface area (Å²) in [6, 6.07) is 24.5. The lowest BCUT2D eigenvalue weighted by Gasteiger charge is -2.24. The van der Waals surface area contributed by atoms with E-state index in [2.05, 4.69) is 10.0 Å². The fourth-order valence-electron chi connectivity index (χ4n) is 3.88. The molecule has 214 valence electrons. The first kappa shape index (κ1) is 29.9. The van der Waals surface area contributed by atoms with Crippen molar-refractivity contribution in [3.8, 4) is 5.75 Å². The van der Waals surface area contributed by atoms with Crippen molar-refractivity contribution >= 4 is 54.6 Å². The molecule has 4 aromatic rings. The highest BCUT2D eigenvalue weighted by Gasteiger charge is 2.27. The molecule has 1 amide bonds. The lowest BCUT2D eigenvalue weighted by atomic mass is 10.2. The van der Waals surface area contributed by atoms with Crippen molar-refractivity contribution in [1.29, 1.82) is 0 Å². The van der Waals surface area contributed by atoms with Gasteiger partial charge in [0.1, 0.15) is 12.3 Å². The zero-order chi connectivity index (χ0) is 29.6. The van der Waals surface area contributed by atoms with Gasteiger partial charge in [-0.05, 0) is 104 Å². The summed E-state index contributed by atoms with van der Waals surface area (Å²) < 4.78 is 61.6. The Morgan fingerprint density at radius 2 is 1.44 bits per heavy atom. The SMILES string of the molecule is CCOc1ccc(NS(=O)(=O)c2ccc(NC(=O)CN(c3cccc(C)c3)S(=O)(=O)c3ccc(Cl)cc3)cc2)cc1. The van der Waals surface area contributed by atoms with Crippen molar-refractivity contribution in [3.63, 3.8) is 0 Å². The molecule has 0 heterocycles. The van der Waals surface area contributed by atoms with Gasteiger partial charge in [0.05, 0.1) is 22.1 Å². The number of carbonyl (C=O) groups excluding carboxylic acids is 1. The lowest BCUT2D eigenvalue weighted by Crippen LogP contribution is -2.38. The van der Waals surface area contributed by atoms with Crippen LogP contribution in [0.3, 0.4) is 0 Å². The zero-order valence-corrected chi connectivity index (χ0v) is 24.6. The van der Waals surface area contributed by atoms with Crippen LogP contribution in [0.25, 0.3) is 0 Å². The van der Waals surface area contributed by atoms with Crippen molar-refractivity contribution in [2.24, 2.45) is 0 Å². The van der Waals surface area contributed by atoms with Crippen molar-refractivity contribution in [1.82, 2.24) is 0 Å². The largest absolute Gasteiger partial charge is 0.494 e. The van der Waals surface area contributed by atoms with Gasteiger partial charge in [-0.2, -0.15) is 0 Å². The standard InChI is InChI=1S/C29H28ClN3O6S2/c1-3-39-26-13-9-24(10-14-26)32-40(35,36)27-17-11-23(12-18-27)31-29(34)20-33(25-6-4-5-21(2)19-25)41(37,38)28-15-7-22(30)8-16-28/h4-19,32H,3,20H2,1-2H3,(H,31,34). The predicted octanol–water partition coefficient (Wildman–Crippen LogP) is 5.68. The fourth-order valence-corrected chi connectivity index (χ4v) is 6.48. The third-order valence-corrected chi connectivity index (χ3v) is 9.28. The molecule has 0 aliphatic carbocycles. The van der Waals surface area contributed by atoms with E-state index < -0.39 is 32.5 Å². The van der Waals surface area contributed by atoms with E-state index in [1.54, 1.807) is 42.5 Å². The Morgan fingerprint density at radius 3 is 2.05 bits per heavy atom. The Hall–Kier alpha value is -4.06. The summed E-state index contributed by atoms with van der Waals surface area (Å²) in [5.41, 5.74) is 1.79. The number of sulfonamides is 2. The normalized spacial score (nSPS) is 11.5. The van der Waals surface area contributed by atoms with Gasteiger partial charge in [0.15, 0.2) is 0 Å². The Morgan fingerprint density at radius 1 is 0.829 bits per heavy atom. The van der Waals surface area contributed by atoms with Crippen molar-refractivity contribution < 1.29 is 26.4 Å². The summed E-state index contributed by atoms with van der Waals surface area (Å²) in [7, 11) is -8.01. The van der Waals surface area contributed by atoms with Gasteiger partial charge in [0.25, 0.3) is 20.0 Å². The molecule has 0 radical (unpaired) electrons. The van der Waals surface area contributed by atoms with Crippen molar-refractivity contribution in [3.05, 3.63) is 108 Å². The number of ether oxygens (including phenoxy) is 1. The molecule has 0 fully saturated rings. The second kappa shape index (κ2) is 12.6. The molecule has 0 saturated carbocycles. The van der Waals surface area contributed by atoms with Crippen LogP contribution >= 0.6 is 11.6 Å². The topological polar surface area (TPSA) is 122 Å². The first-order valence-electron chi connectivity index (χ1n) is 12.5. The summed E-state index contributed by atoms with van der Waals surface area (Å²) in [6.07, 6.45) is 0. The number of nitrogens with zero attached hydrogens (tertiary/aromatic N) is 1. The smallest absolute Gasteiger partial charge is 0.264 e. The third-order valence-electron chi connectivity index (χ3n) is 5.84. The molecular formula is C29H28ClN3O6S2. The number of hydrogen-bond acceptors (Lipinski definition) is 6. The number of anilines is 3. The van der Waals surface area contributed by atoms with Gasteiger partial charge in [0, 0.05) is 16.4 Å². The van der Waals surface area contributed by atoms with Crippen LogP contribution in [-0.4, -0.2) is 35.9 Å². The molecular weight excluding hydrogens is 586 g/mol. The molecule has 0 aliphatic rings. The van der Waals surface area contributed by atoms with Crippen LogP contribution in [-0.2, 0) is 24.8 Å². The minimum Gasteiger partial charge on any atom is -0.494 e. The molecule has 0 unspecified atom stereocenters. The van der Waals surface area contributed by atoms with E-state index in [9.17, 15) is 21.6 Å². The predicted molar refractivity (Wildman–Crippen MR) is 161 cm³/mol. The molecule has 4 rings (SSSR count). The van der Waals surface area contributed by atoms with Gasteiger partial charge in [-0.25, -0.2) is 16.8 Å². The number of carbonyl (C=O) groups is 1. The van der Waals surface area contributed by atoms with Crippen LogP contribution < -0.4 is 19.1 Å². The summed E-state index contributed by atoms with van der Waals surface area (Å²) in [6.45, 7) is 3.65. The van der Waals surface area contributed by atoms with Crippen molar-refractivity contribution in [2.75, 3.05) is 27.5 Å². The average Bonchev–Trinajstić information content (AvgIpc) is 2.93. The van der Waals surface area contributed by atoms with E-state index in [1.807, 2.05) is 19.9 Å². The number of nitrogens with one attached hydrogen (secondary N) is 2. The van der Waals surface area contributed by atoms with Crippen LogP contribution in [0.15, 0.2) is 107 Å². The molecule has 0 saturated heterocycles. The first-order valence-corrected chi connectivity index (χ1v) is 15.8. The number of rotatable bonds is 11. The molecule has 41 heavy (non-hydrogen) atoms. The fraction of sp³-hybridized carbons (Fsp3) is 0.138. The van der Waals surface area contributed by atoms with Crippen LogP contribution in [0, 0.1) is 6.92 Å². The Kier molecular flexibility index (Phi) is 9.21. The first-order chi connectivity index (χ1) is 19.5. The Balaban J connectivity index is 1.50. The van der Waals surface area contributed by atoms with Gasteiger partial charge in [0.2, 0.25) is 5.91 Å². The Labute approximate surface area is 244 Å². The number of benzene rings is 4. The van der Waals surface area contributed by atoms with E-state index >= 15 is 0 Å². The van der Waals surface area contributed by atoms with Gasteiger partial charge in [-0.15, -0.1) is 0 Å². The van der Waals surface area contributed by atoms with Crippen LogP contribution in [0.2, 0.25) is 5.02 Å². The van der Waals surface area contributed by atoms with Gasteiger partial charge < -0.3 is 10.1 Å². The quantitative estimate of drug-likeness (QED) is 0.224. The highest BCUT2D eigenvalue weighted by Crippen LogP contribution is 2.26. The number of amides is 1. The highest BCUT2D eigenvalue weighted by molar-refractivity contribution is 7.93. The maximum absolute atomic E-state index is 13.5. The van der Waals surface area contributed by atoms with E-state index in [1.165, 1.54) is 48.5 Å². The molecule has 2 N–H and O–H groups in total. The van der Waals surface area contributed by atoms with E-state index in [0.717, 1.165) is 9.87 Å². The van der Waals surface area contributed by atoms with E-state index in [4.69, 9.17) is 16.3 Å². The molecule has 4 aromatic carbocycles. The monoisotopic (exact) mass is 613 g/mol. The maximum atomic E-state index is 13.5. The van der Waals surface area contributed by atoms with Crippen LogP contribution in [0.5, 0.6) is 5.75 Å². The lowest BCUT2D eigenvalue weighted by molar-refractivity contribution is -0.114. The molecule has 0 aromatic heterocycles. The average molecular weight is 614 g/mol. The zero-order valence-electron chi connectivity index (χ0n) is 22.2. The van der Waals surface area contributed by atoms with Crippen LogP contribution in [0.4, 0.5) is 17.1 Å². The Bertz CT molecular complexity index is 1730. The van der Waals surface area contributed by atoms with Gasteiger partial charge in [-0.3, -0.25) is 13.8 Å². The van der Waals surface area contributed by atoms with Crippen molar-refractivity contribution in [2.45, 2.75) is 23.6 Å². The van der Waals surface area contributed by atoms with Gasteiger partial charge >= 0.3 is 0 Å². The minimum absolute atomic E-state index is 0.0175. The summed E-state index contributed by atoms with van der Waals surface area (Å²) in [5, 5.41) is 3.02. The molecule has 0 bridgehead atoms. The second-order valence-electron chi connectivity index (χ2n) is 8.94. The molecule has 9 nitrogen and oxygen atoms in total. The molecule has 0 spiro atoms. The second-order valence-corrected chi connectivity index (χ2v) is 12.9. The summed E-state index contributed by atoms with van der Waals surface area (Å²) in [4.78, 5) is 13.0. The van der Waals surface area contributed by atoms with E-state index in [-0.39, 0.29) is 9.79 Å². The third kappa shape index (κ3) is 7.57. The van der Waals surface area contributed by atoms with Crippen LogP contribution in [0.1, 0.15) is 12.5 Å². The molecule has 12 heteroatoms. The molecule has 0 aliphatic heterocycles. The summed E-state index contributed by atoms with van der Waals surface area (Å²) in [5.74, 6) is 0.00429. The molecule has 0 atom stereocenters.